The zero-order chi connectivity index (χ0) is 14.4. The number of nitrogens with one attached hydrogen (secondary N) is 1. The molecule has 0 amide bonds. The molecule has 1 N–H and O–H groups in total. The highest BCUT2D eigenvalue weighted by atomic mass is 32.2. The van der Waals surface area contributed by atoms with Gasteiger partial charge in [0, 0.05) is 30.6 Å². The minimum Gasteiger partial charge on any atom is -0.309 e. The molecule has 6 heteroatoms. The van der Waals surface area contributed by atoms with E-state index >= 15 is 0 Å². The second kappa shape index (κ2) is 5.33. The van der Waals surface area contributed by atoms with E-state index in [1.54, 1.807) is 10.4 Å². The summed E-state index contributed by atoms with van der Waals surface area (Å²) in [7, 11) is -3.26. The van der Waals surface area contributed by atoms with Crippen molar-refractivity contribution < 1.29 is 8.42 Å². The van der Waals surface area contributed by atoms with E-state index in [9.17, 15) is 8.42 Å². The van der Waals surface area contributed by atoms with Crippen molar-refractivity contribution in [3.8, 4) is 0 Å². The summed E-state index contributed by atoms with van der Waals surface area (Å²) < 4.78 is 27.7. The molecule has 2 aliphatic carbocycles. The largest absolute Gasteiger partial charge is 0.309 e. The van der Waals surface area contributed by atoms with Crippen LogP contribution in [0.5, 0.6) is 0 Å². The van der Waals surface area contributed by atoms with E-state index in [0.29, 0.717) is 22.1 Å². The first-order valence-electron chi connectivity index (χ1n) is 7.95. The normalized spacial score (nSPS) is 29.9. The lowest BCUT2D eigenvalue weighted by Crippen LogP contribution is -2.29. The van der Waals surface area contributed by atoms with Gasteiger partial charge < -0.3 is 5.32 Å². The number of rotatable bonds is 5. The lowest BCUT2D eigenvalue weighted by Gasteiger charge is -2.15. The Morgan fingerprint density at radius 3 is 2.52 bits per heavy atom. The van der Waals surface area contributed by atoms with Gasteiger partial charge in [-0.2, -0.15) is 4.31 Å². The van der Waals surface area contributed by atoms with Gasteiger partial charge in [0.1, 0.15) is 4.21 Å². The van der Waals surface area contributed by atoms with Crippen LogP contribution in [0.2, 0.25) is 0 Å². The highest BCUT2D eigenvalue weighted by Crippen LogP contribution is 2.40. The third kappa shape index (κ3) is 2.79. The maximum Gasteiger partial charge on any atom is 0.252 e. The van der Waals surface area contributed by atoms with Gasteiger partial charge >= 0.3 is 0 Å². The van der Waals surface area contributed by atoms with Crippen LogP contribution in [0.4, 0.5) is 0 Å². The predicted molar refractivity (Wildman–Crippen MR) is 83.8 cm³/mol. The molecule has 4 nitrogen and oxygen atoms in total. The summed E-state index contributed by atoms with van der Waals surface area (Å²) in [5.74, 6) is 1.21. The maximum absolute atomic E-state index is 12.7. The second-order valence-electron chi connectivity index (χ2n) is 6.65. The van der Waals surface area contributed by atoms with Crippen molar-refractivity contribution in [2.45, 2.75) is 48.9 Å². The van der Waals surface area contributed by atoms with Crippen molar-refractivity contribution in [3.05, 3.63) is 17.0 Å². The molecule has 0 spiro atoms. The Balaban J connectivity index is 1.46. The van der Waals surface area contributed by atoms with Crippen LogP contribution in [0.3, 0.4) is 0 Å². The first-order chi connectivity index (χ1) is 10.1. The van der Waals surface area contributed by atoms with E-state index in [1.165, 1.54) is 43.4 Å². The van der Waals surface area contributed by atoms with Crippen molar-refractivity contribution in [1.82, 2.24) is 9.62 Å². The summed E-state index contributed by atoms with van der Waals surface area (Å²) in [6.07, 6.45) is 6.20. The van der Waals surface area contributed by atoms with E-state index in [1.807, 2.05) is 6.07 Å². The number of hydrogen-bond donors (Lipinski definition) is 1. The molecule has 0 bridgehead atoms. The van der Waals surface area contributed by atoms with E-state index in [0.717, 1.165) is 24.5 Å². The summed E-state index contributed by atoms with van der Waals surface area (Å²) in [6.45, 7) is 2.28. The number of nitrogens with zero attached hydrogens (tertiary/aromatic N) is 1. The third-order valence-corrected chi connectivity index (χ3v) is 8.45. The topological polar surface area (TPSA) is 49.4 Å². The number of hydrogen-bond acceptors (Lipinski definition) is 4. The van der Waals surface area contributed by atoms with Crippen LogP contribution in [0.25, 0.3) is 0 Å². The van der Waals surface area contributed by atoms with Gasteiger partial charge in [-0.3, -0.25) is 0 Å². The zero-order valence-electron chi connectivity index (χ0n) is 12.1. The van der Waals surface area contributed by atoms with Gasteiger partial charge in [0.15, 0.2) is 0 Å². The summed E-state index contributed by atoms with van der Waals surface area (Å²) in [4.78, 5) is 1.12. The minimum absolute atomic E-state index is 0.523. The molecular formula is C15H22N2O2S2. The number of fused-ring (bicyclic) bond motifs is 1. The van der Waals surface area contributed by atoms with Crippen LogP contribution in [0.1, 0.15) is 37.0 Å². The van der Waals surface area contributed by atoms with Crippen molar-refractivity contribution in [3.63, 3.8) is 0 Å². The molecule has 1 saturated heterocycles. The average molecular weight is 326 g/mol. The molecule has 3 fully saturated rings. The van der Waals surface area contributed by atoms with Crippen LogP contribution in [-0.4, -0.2) is 31.9 Å². The van der Waals surface area contributed by atoms with Crippen molar-refractivity contribution in [1.29, 1.82) is 0 Å². The van der Waals surface area contributed by atoms with E-state index < -0.39 is 10.0 Å². The van der Waals surface area contributed by atoms with E-state index in [-0.39, 0.29) is 0 Å². The maximum atomic E-state index is 12.7. The highest BCUT2D eigenvalue weighted by Gasteiger charge is 2.41. The van der Waals surface area contributed by atoms with Gasteiger partial charge in [0.2, 0.25) is 0 Å². The first-order valence-corrected chi connectivity index (χ1v) is 10.2. The molecule has 2 unspecified atom stereocenters. The van der Waals surface area contributed by atoms with Gasteiger partial charge in [-0.15, -0.1) is 11.3 Å². The third-order valence-electron chi connectivity index (χ3n) is 5.07. The second-order valence-corrected chi connectivity index (χ2v) is 9.98. The molecule has 1 aliphatic heterocycles. The minimum atomic E-state index is -3.26. The highest BCUT2D eigenvalue weighted by molar-refractivity contribution is 7.91. The average Bonchev–Trinajstić information content (AvgIpc) is 2.89. The molecule has 0 radical (unpaired) electrons. The summed E-state index contributed by atoms with van der Waals surface area (Å²) >= 11 is 1.43. The molecule has 1 aromatic heterocycles. The molecule has 1 aromatic rings. The zero-order valence-corrected chi connectivity index (χ0v) is 13.8. The lowest BCUT2D eigenvalue weighted by molar-refractivity contribution is 0.447. The Morgan fingerprint density at radius 2 is 1.86 bits per heavy atom. The molecule has 3 aliphatic rings. The smallest absolute Gasteiger partial charge is 0.252 e. The van der Waals surface area contributed by atoms with E-state index in [4.69, 9.17) is 0 Å². The Hall–Kier alpha value is -0.430. The summed E-state index contributed by atoms with van der Waals surface area (Å²) in [6, 6.07) is 4.41. The van der Waals surface area contributed by atoms with Crippen LogP contribution in [0.15, 0.2) is 16.3 Å². The Morgan fingerprint density at radius 1 is 1.14 bits per heavy atom. The Bertz CT molecular complexity index is 609. The fraction of sp³-hybridized carbons (Fsp3) is 0.733. The summed E-state index contributed by atoms with van der Waals surface area (Å²) in [5.41, 5.74) is 0. The van der Waals surface area contributed by atoms with Gasteiger partial charge in [-0.1, -0.05) is 6.42 Å². The molecule has 2 saturated carbocycles. The molecule has 116 valence electrons. The monoisotopic (exact) mass is 326 g/mol. The molecular weight excluding hydrogens is 304 g/mol. The Labute approximate surface area is 130 Å². The fourth-order valence-electron chi connectivity index (χ4n) is 3.64. The lowest BCUT2D eigenvalue weighted by atomic mass is 10.0. The fourth-order valence-corrected chi connectivity index (χ4v) is 6.65. The summed E-state index contributed by atoms with van der Waals surface area (Å²) in [5, 5.41) is 3.44. The first kappa shape index (κ1) is 14.2. The van der Waals surface area contributed by atoms with Crippen molar-refractivity contribution >= 4 is 21.4 Å². The van der Waals surface area contributed by atoms with Crippen LogP contribution in [0, 0.1) is 11.8 Å². The SMILES string of the molecule is O=S(=O)(c1ccc(CNC2CC2)s1)N1CC2CCCC2C1. The number of sulfonamides is 1. The molecule has 2 atom stereocenters. The Kier molecular flexibility index (Phi) is 3.60. The molecule has 4 rings (SSSR count). The standard InChI is InChI=1S/C15H22N2O2S2/c18-21(19,17-9-11-2-1-3-12(11)10-17)15-7-6-14(20-15)8-16-13-4-5-13/h6-7,11-13,16H,1-5,8-10H2. The van der Waals surface area contributed by atoms with Crippen molar-refractivity contribution in [2.75, 3.05) is 13.1 Å². The van der Waals surface area contributed by atoms with Gasteiger partial charge in [-0.25, -0.2) is 8.42 Å². The van der Waals surface area contributed by atoms with Crippen molar-refractivity contribution in [2.24, 2.45) is 11.8 Å². The predicted octanol–water partition coefficient (Wildman–Crippen LogP) is 2.42. The number of thiophene rings is 1. The van der Waals surface area contributed by atoms with E-state index in [2.05, 4.69) is 5.32 Å². The quantitative estimate of drug-likeness (QED) is 0.904. The van der Waals surface area contributed by atoms with Gasteiger partial charge in [0.05, 0.1) is 0 Å². The van der Waals surface area contributed by atoms with Gasteiger partial charge in [0.25, 0.3) is 10.0 Å². The van der Waals surface area contributed by atoms with Crippen LogP contribution < -0.4 is 5.32 Å². The molecule has 2 heterocycles. The van der Waals surface area contributed by atoms with Crippen LogP contribution >= 0.6 is 11.3 Å². The molecule has 21 heavy (non-hydrogen) atoms. The molecule has 0 aromatic carbocycles. The van der Waals surface area contributed by atoms with Crippen LogP contribution in [-0.2, 0) is 16.6 Å². The van der Waals surface area contributed by atoms with Gasteiger partial charge in [-0.05, 0) is 49.7 Å².